The van der Waals surface area contributed by atoms with E-state index in [1.807, 2.05) is 25.1 Å². The van der Waals surface area contributed by atoms with E-state index in [2.05, 4.69) is 20.2 Å². The molecule has 1 N–H and O–H groups in total. The minimum Gasteiger partial charge on any atom is -0.396 e. The highest BCUT2D eigenvalue weighted by Crippen LogP contribution is 2.30. The number of nitrogens with zero attached hydrogens (tertiary/aromatic N) is 4. The van der Waals surface area contributed by atoms with Gasteiger partial charge in [-0.25, -0.2) is 9.97 Å². The second-order valence-corrected chi connectivity index (χ2v) is 8.41. The first-order chi connectivity index (χ1) is 13.1. The van der Waals surface area contributed by atoms with Crippen molar-refractivity contribution in [2.24, 2.45) is 11.8 Å². The molecule has 2 heterocycles. The molecule has 1 aliphatic rings. The number of fused-ring (bicyclic) bond motifs is 1. The molecule has 0 aliphatic heterocycles. The zero-order chi connectivity index (χ0) is 18.8. The van der Waals surface area contributed by atoms with Crippen LogP contribution >= 0.6 is 11.3 Å². The fourth-order valence-electron chi connectivity index (χ4n) is 3.66. The number of aliphatic hydroxyl groups is 1. The van der Waals surface area contributed by atoms with E-state index in [0.717, 1.165) is 52.2 Å². The number of aliphatic hydroxyl groups excluding tert-OH is 1. The maximum Gasteiger partial charge on any atom is 0.147 e. The third kappa shape index (κ3) is 4.04. The van der Waals surface area contributed by atoms with E-state index in [0.29, 0.717) is 11.7 Å². The van der Waals surface area contributed by atoms with E-state index in [4.69, 9.17) is 0 Å². The van der Waals surface area contributed by atoms with Crippen molar-refractivity contribution in [2.75, 3.05) is 6.61 Å². The van der Waals surface area contributed by atoms with Crippen LogP contribution in [0.2, 0.25) is 0 Å². The molecule has 0 saturated heterocycles. The Morgan fingerprint density at radius 2 is 2.04 bits per heavy atom. The molecule has 0 spiro atoms. The van der Waals surface area contributed by atoms with Gasteiger partial charge in [0.1, 0.15) is 21.6 Å². The van der Waals surface area contributed by atoms with Crippen molar-refractivity contribution in [3.05, 3.63) is 35.2 Å². The summed E-state index contributed by atoms with van der Waals surface area (Å²) in [7, 11) is 0. The average Bonchev–Trinajstić information content (AvgIpc) is 3.14. The van der Waals surface area contributed by atoms with Gasteiger partial charge in [0.25, 0.3) is 0 Å². The molecule has 0 radical (unpaired) electrons. The number of hydrogen-bond acceptors (Lipinski definition) is 7. The molecule has 1 saturated carbocycles. The number of benzene rings is 1. The molecule has 140 valence electrons. The average molecular weight is 382 g/mol. The van der Waals surface area contributed by atoms with E-state index in [1.165, 1.54) is 0 Å². The van der Waals surface area contributed by atoms with Crippen LogP contribution in [0.25, 0.3) is 21.5 Å². The van der Waals surface area contributed by atoms with Crippen LogP contribution in [0.4, 0.5) is 0 Å². The van der Waals surface area contributed by atoms with Gasteiger partial charge in [-0.3, -0.25) is 4.79 Å². The normalized spacial score (nSPS) is 20.1. The first kappa shape index (κ1) is 18.1. The summed E-state index contributed by atoms with van der Waals surface area (Å²) >= 11 is 1.55. The van der Waals surface area contributed by atoms with Gasteiger partial charge in [-0.2, -0.15) is 0 Å². The molecule has 3 aromatic rings. The molecular formula is C20H22N4O2S. The fourth-order valence-corrected chi connectivity index (χ4v) is 4.35. The smallest absolute Gasteiger partial charge is 0.147 e. The summed E-state index contributed by atoms with van der Waals surface area (Å²) in [6.45, 7) is 2.16. The minimum atomic E-state index is 0.0720. The van der Waals surface area contributed by atoms with Gasteiger partial charge >= 0.3 is 0 Å². The Bertz CT molecular complexity index is 964. The van der Waals surface area contributed by atoms with E-state index < -0.39 is 0 Å². The van der Waals surface area contributed by atoms with Crippen molar-refractivity contribution in [2.45, 2.75) is 39.0 Å². The van der Waals surface area contributed by atoms with Crippen LogP contribution in [0.15, 0.2) is 24.4 Å². The van der Waals surface area contributed by atoms with Gasteiger partial charge in [-0.1, -0.05) is 23.5 Å². The number of aromatic nitrogens is 4. The second-order valence-electron chi connectivity index (χ2n) is 7.23. The zero-order valence-corrected chi connectivity index (χ0v) is 16.1. The molecule has 0 amide bonds. The van der Waals surface area contributed by atoms with Crippen LogP contribution in [0, 0.1) is 18.8 Å². The molecule has 4 rings (SSSR count). The van der Waals surface area contributed by atoms with Gasteiger partial charge in [0.2, 0.25) is 0 Å². The molecule has 1 aromatic carbocycles. The first-order valence-electron chi connectivity index (χ1n) is 9.32. The van der Waals surface area contributed by atoms with Gasteiger partial charge in [-0.15, -0.1) is 10.2 Å². The van der Waals surface area contributed by atoms with E-state index >= 15 is 0 Å². The Balaban J connectivity index is 1.51. The number of aryl methyl sites for hydroxylation is 1. The maximum absolute atomic E-state index is 12.6. The van der Waals surface area contributed by atoms with Crippen molar-refractivity contribution in [1.29, 1.82) is 0 Å². The highest BCUT2D eigenvalue weighted by Gasteiger charge is 2.26. The van der Waals surface area contributed by atoms with Crippen LogP contribution in [0.3, 0.4) is 0 Å². The number of carbonyl (C=O) groups excluding carboxylic acids is 1. The lowest BCUT2D eigenvalue weighted by Gasteiger charge is -2.26. The van der Waals surface area contributed by atoms with Crippen LogP contribution in [0.1, 0.15) is 36.5 Å². The molecule has 0 atom stereocenters. The highest BCUT2D eigenvalue weighted by molar-refractivity contribution is 7.14. The minimum absolute atomic E-state index is 0.0720. The van der Waals surface area contributed by atoms with Crippen LogP contribution in [0.5, 0.6) is 0 Å². The molecule has 27 heavy (non-hydrogen) atoms. The van der Waals surface area contributed by atoms with Gasteiger partial charge in [0.05, 0.1) is 11.9 Å². The lowest BCUT2D eigenvalue weighted by atomic mass is 9.80. The summed E-state index contributed by atoms with van der Waals surface area (Å²) in [5, 5.41) is 20.2. The lowest BCUT2D eigenvalue weighted by molar-refractivity contribution is -0.123. The maximum atomic E-state index is 12.6. The largest absolute Gasteiger partial charge is 0.396 e. The summed E-state index contributed by atoms with van der Waals surface area (Å²) in [5.74, 6) is 1.21. The predicted octanol–water partition coefficient (Wildman–Crippen LogP) is 3.37. The summed E-state index contributed by atoms with van der Waals surface area (Å²) in [6, 6.07) is 5.96. The van der Waals surface area contributed by atoms with Gasteiger partial charge in [0.15, 0.2) is 0 Å². The van der Waals surface area contributed by atoms with E-state index in [1.54, 1.807) is 17.5 Å². The standard InChI is InChI=1S/C20H22N4O2S/c1-12-23-24-20(27-12)15-6-7-16-10-21-19(22-17(16)8-15)9-18(26)14-4-2-13(11-25)3-5-14/h6-8,10,13-14,25H,2-5,9,11H2,1H3. The van der Waals surface area contributed by atoms with E-state index in [-0.39, 0.29) is 24.7 Å². The SMILES string of the molecule is Cc1nnc(-c2ccc3cnc(CC(=O)C4CCC(CO)CC4)nc3c2)s1. The Labute approximate surface area is 161 Å². The summed E-state index contributed by atoms with van der Waals surface area (Å²) < 4.78 is 0. The molecule has 6 nitrogen and oxygen atoms in total. The topological polar surface area (TPSA) is 88.9 Å². The van der Waals surface area contributed by atoms with Crippen LogP contribution in [-0.2, 0) is 11.2 Å². The third-order valence-electron chi connectivity index (χ3n) is 5.30. The molecule has 7 heteroatoms. The van der Waals surface area contributed by atoms with Gasteiger partial charge in [0, 0.05) is 29.7 Å². The van der Waals surface area contributed by atoms with Crippen molar-refractivity contribution in [3.63, 3.8) is 0 Å². The molecular weight excluding hydrogens is 360 g/mol. The van der Waals surface area contributed by atoms with Crippen molar-refractivity contribution >= 4 is 28.0 Å². The molecule has 0 unspecified atom stereocenters. The lowest BCUT2D eigenvalue weighted by Crippen LogP contribution is -2.25. The van der Waals surface area contributed by atoms with Crippen LogP contribution < -0.4 is 0 Å². The van der Waals surface area contributed by atoms with Crippen molar-refractivity contribution in [1.82, 2.24) is 20.2 Å². The molecule has 2 aromatic heterocycles. The highest BCUT2D eigenvalue weighted by atomic mass is 32.1. The van der Waals surface area contributed by atoms with Crippen molar-refractivity contribution < 1.29 is 9.90 Å². The van der Waals surface area contributed by atoms with Crippen LogP contribution in [-0.4, -0.2) is 37.7 Å². The third-order valence-corrected chi connectivity index (χ3v) is 6.19. The summed E-state index contributed by atoms with van der Waals surface area (Å²) in [6.07, 6.45) is 5.62. The van der Waals surface area contributed by atoms with Gasteiger partial charge in [-0.05, 0) is 44.6 Å². The molecule has 1 aliphatic carbocycles. The number of ketones is 1. The second kappa shape index (κ2) is 7.78. The first-order valence-corrected chi connectivity index (χ1v) is 10.1. The number of hydrogen-bond donors (Lipinski definition) is 1. The zero-order valence-electron chi connectivity index (χ0n) is 15.3. The number of carbonyl (C=O) groups is 1. The number of rotatable bonds is 5. The Morgan fingerprint density at radius 3 is 2.74 bits per heavy atom. The Morgan fingerprint density at radius 1 is 1.22 bits per heavy atom. The Kier molecular flexibility index (Phi) is 5.22. The van der Waals surface area contributed by atoms with E-state index in [9.17, 15) is 9.90 Å². The summed E-state index contributed by atoms with van der Waals surface area (Å²) in [4.78, 5) is 21.6. The quantitative estimate of drug-likeness (QED) is 0.728. The summed E-state index contributed by atoms with van der Waals surface area (Å²) in [5.41, 5.74) is 1.80. The monoisotopic (exact) mass is 382 g/mol. The molecule has 0 bridgehead atoms. The van der Waals surface area contributed by atoms with Crippen molar-refractivity contribution in [3.8, 4) is 10.6 Å². The fraction of sp³-hybridized carbons (Fsp3) is 0.450. The number of Topliss-reactive ketones (excluding diaryl/α,β-unsaturated/α-hetero) is 1. The Hall–Kier alpha value is -2.25. The van der Waals surface area contributed by atoms with Gasteiger partial charge < -0.3 is 5.11 Å². The predicted molar refractivity (Wildman–Crippen MR) is 104 cm³/mol. The molecule has 1 fully saturated rings.